The highest BCUT2D eigenvalue weighted by Crippen LogP contribution is 2.38. The van der Waals surface area contributed by atoms with Crippen molar-refractivity contribution in [3.05, 3.63) is 82.1 Å². The van der Waals surface area contributed by atoms with Crippen LogP contribution in [0.4, 0.5) is 5.69 Å². The predicted molar refractivity (Wildman–Crippen MR) is 132 cm³/mol. The monoisotopic (exact) mass is 503 g/mol. The highest BCUT2D eigenvalue weighted by atomic mass is 35.5. The Morgan fingerprint density at radius 1 is 1.15 bits per heavy atom. The summed E-state index contributed by atoms with van der Waals surface area (Å²) in [5.74, 6) is -0.218. The van der Waals surface area contributed by atoms with Crippen LogP contribution in [0.3, 0.4) is 0 Å². The smallest absolute Gasteiger partial charge is 0.328 e. The molecular formula is C25H26ClNO6S. The summed E-state index contributed by atoms with van der Waals surface area (Å²) in [5.41, 5.74) is 2.61. The van der Waals surface area contributed by atoms with E-state index in [-0.39, 0.29) is 11.7 Å². The van der Waals surface area contributed by atoms with Crippen molar-refractivity contribution in [3.63, 3.8) is 0 Å². The normalized spacial score (nSPS) is 11.8. The second-order valence-corrected chi connectivity index (χ2v) is 10.2. The number of rotatable bonds is 9. The molecular weight excluding hydrogens is 478 g/mol. The van der Waals surface area contributed by atoms with Crippen LogP contribution in [0.15, 0.2) is 64.1 Å². The Labute approximate surface area is 204 Å². The Balaban J connectivity index is 1.95. The number of nitrogens with zero attached hydrogens (tertiary/aromatic N) is 1. The maximum absolute atomic E-state index is 13.5. The van der Waals surface area contributed by atoms with E-state index >= 15 is 0 Å². The van der Waals surface area contributed by atoms with Gasteiger partial charge in [-0.1, -0.05) is 35.9 Å². The van der Waals surface area contributed by atoms with Crippen molar-refractivity contribution in [3.8, 4) is 5.75 Å². The molecule has 7 nitrogen and oxygen atoms in total. The molecule has 0 spiro atoms. The second-order valence-electron chi connectivity index (χ2n) is 8.03. The zero-order valence-corrected chi connectivity index (χ0v) is 20.9. The average molecular weight is 504 g/mol. The molecule has 1 aromatic heterocycles. The van der Waals surface area contributed by atoms with Gasteiger partial charge in [0.15, 0.2) is 0 Å². The minimum atomic E-state index is -4.00. The molecule has 3 rings (SSSR count). The topological polar surface area (TPSA) is 97.0 Å². The lowest BCUT2D eigenvalue weighted by atomic mass is 10.1. The third kappa shape index (κ3) is 5.81. The van der Waals surface area contributed by atoms with Crippen LogP contribution >= 0.6 is 11.6 Å². The number of hydrogen-bond donors (Lipinski definition) is 1. The van der Waals surface area contributed by atoms with E-state index in [1.54, 1.807) is 70.2 Å². The van der Waals surface area contributed by atoms with Gasteiger partial charge in [-0.3, -0.25) is 4.31 Å². The zero-order valence-electron chi connectivity index (χ0n) is 19.3. The maximum atomic E-state index is 13.5. The third-order valence-electron chi connectivity index (χ3n) is 4.97. The van der Waals surface area contributed by atoms with Crippen LogP contribution in [-0.2, 0) is 21.4 Å². The number of aryl methyl sites for hydroxylation is 2. The highest BCUT2D eigenvalue weighted by Gasteiger charge is 2.32. The van der Waals surface area contributed by atoms with E-state index in [9.17, 15) is 13.2 Å². The zero-order chi connectivity index (χ0) is 25.0. The van der Waals surface area contributed by atoms with Gasteiger partial charge in [0.05, 0.1) is 5.69 Å². The molecule has 1 heterocycles. The number of carboxylic acid groups (broad SMARTS) is 1. The van der Waals surface area contributed by atoms with Crippen LogP contribution < -0.4 is 9.04 Å². The first-order valence-electron chi connectivity index (χ1n) is 10.5. The summed E-state index contributed by atoms with van der Waals surface area (Å²) in [7, 11) is -4.00. The van der Waals surface area contributed by atoms with Crippen LogP contribution in [0.5, 0.6) is 5.75 Å². The summed E-state index contributed by atoms with van der Waals surface area (Å²) < 4.78 is 39.6. The molecule has 0 saturated heterocycles. The van der Waals surface area contributed by atoms with E-state index in [2.05, 4.69) is 0 Å². The van der Waals surface area contributed by atoms with E-state index in [0.717, 1.165) is 17.2 Å². The summed E-state index contributed by atoms with van der Waals surface area (Å²) in [6.07, 6.45) is 2.56. The fourth-order valence-corrected chi connectivity index (χ4v) is 5.10. The number of carbonyl (C=O) groups is 1. The Morgan fingerprint density at radius 2 is 1.82 bits per heavy atom. The average Bonchev–Trinajstić information content (AvgIpc) is 3.21. The van der Waals surface area contributed by atoms with E-state index < -0.39 is 22.0 Å². The van der Waals surface area contributed by atoms with Crippen molar-refractivity contribution in [1.29, 1.82) is 0 Å². The SMILES string of the molecule is Cc1ccc(S(=O)(=O)N(c2cc(C)c(Cl)cc2OCc2ccc(C=CC(=O)O)cc2)C(C)C)o1. The Hall–Kier alpha value is -3.23. The fraction of sp³-hybridized carbons (Fsp3) is 0.240. The van der Waals surface area contributed by atoms with Crippen molar-refractivity contribution in [2.45, 2.75) is 45.4 Å². The molecule has 0 aliphatic carbocycles. The minimum Gasteiger partial charge on any atom is -0.487 e. The van der Waals surface area contributed by atoms with Gasteiger partial charge in [0.1, 0.15) is 18.1 Å². The maximum Gasteiger partial charge on any atom is 0.328 e. The highest BCUT2D eigenvalue weighted by molar-refractivity contribution is 7.92. The van der Waals surface area contributed by atoms with Crippen molar-refractivity contribution < 1.29 is 27.5 Å². The number of sulfonamides is 1. The quantitative estimate of drug-likeness (QED) is 0.369. The van der Waals surface area contributed by atoms with E-state index in [1.807, 2.05) is 0 Å². The molecule has 0 radical (unpaired) electrons. The molecule has 0 aliphatic heterocycles. The van der Waals surface area contributed by atoms with Gasteiger partial charge in [-0.05, 0) is 68.7 Å². The van der Waals surface area contributed by atoms with Gasteiger partial charge < -0.3 is 14.3 Å². The molecule has 0 unspecified atom stereocenters. The van der Waals surface area contributed by atoms with Crippen molar-refractivity contribution in [1.82, 2.24) is 0 Å². The van der Waals surface area contributed by atoms with Crippen LogP contribution in [0.2, 0.25) is 5.02 Å². The molecule has 0 amide bonds. The van der Waals surface area contributed by atoms with E-state index in [0.29, 0.717) is 27.8 Å². The number of aliphatic carboxylic acids is 1. The summed E-state index contributed by atoms with van der Waals surface area (Å²) in [4.78, 5) is 10.7. The Morgan fingerprint density at radius 3 is 2.38 bits per heavy atom. The molecule has 0 bridgehead atoms. The first-order chi connectivity index (χ1) is 16.0. The second kappa shape index (κ2) is 10.4. The number of anilines is 1. The third-order valence-corrected chi connectivity index (χ3v) is 7.24. The van der Waals surface area contributed by atoms with Crippen LogP contribution in [0.1, 0.15) is 36.3 Å². The molecule has 9 heteroatoms. The first kappa shape index (κ1) is 25.4. The Kier molecular flexibility index (Phi) is 7.74. The number of furan rings is 1. The first-order valence-corrected chi connectivity index (χ1v) is 12.3. The summed E-state index contributed by atoms with van der Waals surface area (Å²) in [6.45, 7) is 7.17. The fourth-order valence-electron chi connectivity index (χ4n) is 3.32. The lowest BCUT2D eigenvalue weighted by molar-refractivity contribution is -0.131. The standard InChI is InChI=1S/C25H26ClNO6S/c1-16(2)27(34(30,31)25-12-5-18(4)33-25)22-13-17(3)21(26)14-23(22)32-15-20-8-6-19(7-9-20)10-11-24(28)29/h5-14,16H,15H2,1-4H3,(H,28,29). The molecule has 180 valence electrons. The predicted octanol–water partition coefficient (Wildman–Crippen LogP) is 5.83. The molecule has 1 N–H and O–H groups in total. The van der Waals surface area contributed by atoms with Crippen LogP contribution in [0.25, 0.3) is 6.08 Å². The Bertz CT molecular complexity index is 1310. The molecule has 0 saturated carbocycles. The van der Waals surface area contributed by atoms with Gasteiger partial charge in [0.2, 0.25) is 5.09 Å². The number of carboxylic acids is 1. The summed E-state index contributed by atoms with van der Waals surface area (Å²) in [6, 6.07) is 13.0. The summed E-state index contributed by atoms with van der Waals surface area (Å²) in [5, 5.41) is 9.05. The minimum absolute atomic E-state index is 0.151. The van der Waals surface area contributed by atoms with E-state index in [1.165, 1.54) is 16.4 Å². The van der Waals surface area contributed by atoms with Gasteiger partial charge in [-0.2, -0.15) is 8.42 Å². The molecule has 3 aromatic rings. The largest absolute Gasteiger partial charge is 0.487 e. The van der Waals surface area contributed by atoms with Gasteiger partial charge in [-0.25, -0.2) is 4.79 Å². The van der Waals surface area contributed by atoms with Gasteiger partial charge in [-0.15, -0.1) is 0 Å². The van der Waals surface area contributed by atoms with E-state index in [4.69, 9.17) is 25.9 Å². The lowest BCUT2D eigenvalue weighted by Gasteiger charge is -2.29. The van der Waals surface area contributed by atoms with Crippen LogP contribution in [0, 0.1) is 13.8 Å². The van der Waals surface area contributed by atoms with Gasteiger partial charge >= 0.3 is 5.97 Å². The van der Waals surface area contributed by atoms with Gasteiger partial charge in [0, 0.05) is 23.2 Å². The number of hydrogen-bond acceptors (Lipinski definition) is 5. The molecule has 34 heavy (non-hydrogen) atoms. The molecule has 0 fully saturated rings. The number of benzene rings is 2. The summed E-state index contributed by atoms with van der Waals surface area (Å²) >= 11 is 6.35. The van der Waals surface area contributed by atoms with Crippen molar-refractivity contribution in [2.24, 2.45) is 0 Å². The number of halogens is 1. The lowest BCUT2D eigenvalue weighted by Crippen LogP contribution is -2.37. The molecule has 0 atom stereocenters. The van der Waals surface area contributed by atoms with Crippen LogP contribution in [-0.4, -0.2) is 25.5 Å². The molecule has 2 aromatic carbocycles. The van der Waals surface area contributed by atoms with Crippen molar-refractivity contribution in [2.75, 3.05) is 4.31 Å². The number of ether oxygens (including phenoxy) is 1. The van der Waals surface area contributed by atoms with Gasteiger partial charge in [0.25, 0.3) is 10.0 Å². The van der Waals surface area contributed by atoms with Crippen molar-refractivity contribution >= 4 is 39.4 Å². The molecule has 0 aliphatic rings.